The number of nitrogens with one attached hydrogen (secondary N) is 2. The molecule has 2 N–H and O–H groups in total. The fourth-order valence-electron chi connectivity index (χ4n) is 2.49. The van der Waals surface area contributed by atoms with E-state index in [1.807, 2.05) is 0 Å². The quantitative estimate of drug-likeness (QED) is 0.643. The highest BCUT2D eigenvalue weighted by Gasteiger charge is 2.23. The van der Waals surface area contributed by atoms with Gasteiger partial charge in [-0.05, 0) is 19.3 Å². The molecular formula is C15H25N5O2S. The molecule has 7 nitrogen and oxygen atoms in total. The van der Waals surface area contributed by atoms with Crippen molar-refractivity contribution in [1.82, 2.24) is 20.5 Å². The Bertz CT molecular complexity index is 538. The average Bonchev–Trinajstić information content (AvgIpc) is 3.06. The van der Waals surface area contributed by atoms with Gasteiger partial charge in [0.2, 0.25) is 0 Å². The van der Waals surface area contributed by atoms with E-state index in [2.05, 4.69) is 32.9 Å². The highest BCUT2D eigenvalue weighted by molar-refractivity contribution is 7.09. The zero-order valence-electron chi connectivity index (χ0n) is 14.0. The lowest BCUT2D eigenvalue weighted by atomic mass is 10.1. The van der Waals surface area contributed by atoms with E-state index in [-0.39, 0.29) is 6.09 Å². The van der Waals surface area contributed by atoms with Crippen molar-refractivity contribution in [2.45, 2.75) is 38.8 Å². The average molecular weight is 339 g/mol. The first kappa shape index (κ1) is 17.5. The molecule has 0 aliphatic carbocycles. The second-order valence-electron chi connectivity index (χ2n) is 5.39. The number of likely N-dealkylation sites (tertiary alicyclic amines) is 1. The number of hydrogen-bond donors (Lipinski definition) is 2. The van der Waals surface area contributed by atoms with Crippen LogP contribution >= 0.6 is 11.3 Å². The van der Waals surface area contributed by atoms with Gasteiger partial charge in [0.25, 0.3) is 0 Å². The number of thiazole rings is 1. The summed E-state index contributed by atoms with van der Waals surface area (Å²) in [6, 6.07) is 0.309. The van der Waals surface area contributed by atoms with E-state index in [0.717, 1.165) is 35.9 Å². The second-order valence-corrected chi connectivity index (χ2v) is 6.33. The Morgan fingerprint density at radius 2 is 2.26 bits per heavy atom. The van der Waals surface area contributed by atoms with Crippen LogP contribution in [0.2, 0.25) is 0 Å². The number of carbonyl (C=O) groups is 1. The molecule has 1 fully saturated rings. The molecular weight excluding hydrogens is 314 g/mol. The molecule has 1 aliphatic heterocycles. The SMILES string of the molecule is CCc1nc(CNC(=NC)NC2CCN(C(=O)OC)CC2)cs1. The fourth-order valence-corrected chi connectivity index (χ4v) is 3.24. The summed E-state index contributed by atoms with van der Waals surface area (Å²) in [5.74, 6) is 0.771. The van der Waals surface area contributed by atoms with E-state index in [1.165, 1.54) is 7.11 Å². The second kappa shape index (κ2) is 8.71. The Labute approximate surface area is 141 Å². The van der Waals surface area contributed by atoms with Gasteiger partial charge in [-0.15, -0.1) is 11.3 Å². The van der Waals surface area contributed by atoms with E-state index in [9.17, 15) is 4.79 Å². The molecule has 23 heavy (non-hydrogen) atoms. The van der Waals surface area contributed by atoms with Gasteiger partial charge in [-0.1, -0.05) is 6.92 Å². The third kappa shape index (κ3) is 5.09. The lowest BCUT2D eigenvalue weighted by Gasteiger charge is -2.32. The van der Waals surface area contributed by atoms with Crippen LogP contribution in [0, 0.1) is 0 Å². The summed E-state index contributed by atoms with van der Waals surface area (Å²) in [4.78, 5) is 22.0. The molecule has 0 unspecified atom stereocenters. The van der Waals surface area contributed by atoms with E-state index in [4.69, 9.17) is 4.74 Å². The van der Waals surface area contributed by atoms with Crippen molar-refractivity contribution in [2.24, 2.45) is 4.99 Å². The Balaban J connectivity index is 1.76. The van der Waals surface area contributed by atoms with E-state index in [1.54, 1.807) is 23.3 Å². The number of carbonyl (C=O) groups excluding carboxylic acids is 1. The van der Waals surface area contributed by atoms with Crippen LogP contribution in [0.15, 0.2) is 10.4 Å². The number of guanidine groups is 1. The Kier molecular flexibility index (Phi) is 6.64. The Hall–Kier alpha value is -1.83. The van der Waals surface area contributed by atoms with E-state index in [0.29, 0.717) is 25.7 Å². The summed E-state index contributed by atoms with van der Waals surface area (Å²) >= 11 is 1.69. The Morgan fingerprint density at radius 3 is 2.83 bits per heavy atom. The molecule has 0 aromatic carbocycles. The minimum absolute atomic E-state index is 0.249. The standard InChI is InChI=1S/C15H25N5O2S/c1-4-13-18-12(10-23-13)9-17-14(16-2)19-11-5-7-20(8-6-11)15(21)22-3/h10-11H,4-9H2,1-3H3,(H2,16,17,19). The lowest BCUT2D eigenvalue weighted by molar-refractivity contribution is 0.111. The fraction of sp³-hybridized carbons (Fsp3) is 0.667. The van der Waals surface area contributed by atoms with Gasteiger partial charge >= 0.3 is 6.09 Å². The minimum Gasteiger partial charge on any atom is -0.453 e. The molecule has 0 spiro atoms. The topological polar surface area (TPSA) is 78.9 Å². The van der Waals surface area contributed by atoms with Crippen LogP contribution in [0.25, 0.3) is 0 Å². The number of aryl methyl sites for hydroxylation is 1. The number of rotatable bonds is 4. The molecule has 1 amide bonds. The van der Waals surface area contributed by atoms with E-state index >= 15 is 0 Å². The van der Waals surface area contributed by atoms with Gasteiger partial charge in [-0.3, -0.25) is 4.99 Å². The third-order valence-corrected chi connectivity index (χ3v) is 4.87. The van der Waals surface area contributed by atoms with Gasteiger partial charge in [0.15, 0.2) is 5.96 Å². The van der Waals surface area contributed by atoms with E-state index < -0.39 is 0 Å². The number of methoxy groups -OCH3 is 1. The van der Waals surface area contributed by atoms with Crippen LogP contribution < -0.4 is 10.6 Å². The van der Waals surface area contributed by atoms with Crippen molar-refractivity contribution in [3.63, 3.8) is 0 Å². The van der Waals surface area contributed by atoms with Crippen molar-refractivity contribution < 1.29 is 9.53 Å². The third-order valence-electron chi connectivity index (χ3n) is 3.83. The van der Waals surface area contributed by atoms with Crippen molar-refractivity contribution in [2.75, 3.05) is 27.2 Å². The summed E-state index contributed by atoms with van der Waals surface area (Å²) < 4.78 is 4.75. The highest BCUT2D eigenvalue weighted by Crippen LogP contribution is 2.12. The van der Waals surface area contributed by atoms with Gasteiger partial charge in [0.05, 0.1) is 24.4 Å². The molecule has 0 saturated carbocycles. The van der Waals surface area contributed by atoms with Gasteiger partial charge in [0.1, 0.15) is 0 Å². The summed E-state index contributed by atoms with van der Waals surface area (Å²) in [5, 5.41) is 9.93. The number of nitrogens with zero attached hydrogens (tertiary/aromatic N) is 3. The predicted molar refractivity (Wildman–Crippen MR) is 91.8 cm³/mol. The number of piperidine rings is 1. The monoisotopic (exact) mass is 339 g/mol. The summed E-state index contributed by atoms with van der Waals surface area (Å²) in [6.07, 6.45) is 2.48. The molecule has 1 saturated heterocycles. The van der Waals surface area contributed by atoms with Crippen LogP contribution in [-0.2, 0) is 17.7 Å². The largest absolute Gasteiger partial charge is 0.453 e. The maximum absolute atomic E-state index is 11.5. The van der Waals surface area contributed by atoms with Crippen LogP contribution in [0.4, 0.5) is 4.79 Å². The maximum Gasteiger partial charge on any atom is 0.409 e. The molecule has 0 bridgehead atoms. The van der Waals surface area contributed by atoms with Crippen molar-refractivity contribution in [3.8, 4) is 0 Å². The van der Waals surface area contributed by atoms with Crippen LogP contribution in [0.5, 0.6) is 0 Å². The van der Waals surface area contributed by atoms with Gasteiger partial charge in [-0.2, -0.15) is 0 Å². The highest BCUT2D eigenvalue weighted by atomic mass is 32.1. The van der Waals surface area contributed by atoms with Crippen molar-refractivity contribution in [1.29, 1.82) is 0 Å². The lowest BCUT2D eigenvalue weighted by Crippen LogP contribution is -2.49. The number of ether oxygens (including phenoxy) is 1. The molecule has 1 aromatic heterocycles. The van der Waals surface area contributed by atoms with Crippen LogP contribution in [0.1, 0.15) is 30.5 Å². The molecule has 0 atom stereocenters. The zero-order chi connectivity index (χ0) is 16.7. The number of aliphatic imine (C=N–C) groups is 1. The van der Waals surface area contributed by atoms with Crippen LogP contribution in [-0.4, -0.2) is 55.2 Å². The smallest absolute Gasteiger partial charge is 0.409 e. The molecule has 1 aliphatic rings. The molecule has 128 valence electrons. The number of aromatic nitrogens is 1. The number of amides is 1. The molecule has 1 aromatic rings. The Morgan fingerprint density at radius 1 is 1.52 bits per heavy atom. The van der Waals surface area contributed by atoms with Gasteiger partial charge in [-0.25, -0.2) is 9.78 Å². The molecule has 2 heterocycles. The summed E-state index contributed by atoms with van der Waals surface area (Å²) in [7, 11) is 3.18. The van der Waals surface area contributed by atoms with Gasteiger partial charge in [0, 0.05) is 31.6 Å². The first-order valence-corrected chi connectivity index (χ1v) is 8.77. The first-order chi connectivity index (χ1) is 11.2. The predicted octanol–water partition coefficient (Wildman–Crippen LogP) is 1.60. The first-order valence-electron chi connectivity index (χ1n) is 7.89. The van der Waals surface area contributed by atoms with Crippen molar-refractivity contribution >= 4 is 23.4 Å². The summed E-state index contributed by atoms with van der Waals surface area (Å²) in [5.41, 5.74) is 1.04. The zero-order valence-corrected chi connectivity index (χ0v) is 14.8. The normalized spacial score (nSPS) is 16.3. The number of hydrogen-bond acceptors (Lipinski definition) is 5. The maximum atomic E-state index is 11.5. The van der Waals surface area contributed by atoms with Crippen LogP contribution in [0.3, 0.4) is 0 Å². The molecule has 8 heteroatoms. The summed E-state index contributed by atoms with van der Waals surface area (Å²) in [6.45, 7) is 4.18. The van der Waals surface area contributed by atoms with Gasteiger partial charge < -0.3 is 20.3 Å². The minimum atomic E-state index is -0.249. The molecule has 2 rings (SSSR count). The molecule has 0 radical (unpaired) electrons. The van der Waals surface area contributed by atoms with Crippen molar-refractivity contribution in [3.05, 3.63) is 16.1 Å².